The number of fused-ring (bicyclic) bond motifs is 1. The molecule has 0 aliphatic carbocycles. The molecule has 1 heterocycles. The van der Waals surface area contributed by atoms with Crippen LogP contribution in [-0.2, 0) is 13.0 Å². The zero-order valence-electron chi connectivity index (χ0n) is 11.3. The first-order valence-corrected chi connectivity index (χ1v) is 6.77. The molecule has 2 rings (SSSR count). The van der Waals surface area contributed by atoms with Gasteiger partial charge in [-0.1, -0.05) is 25.5 Å². The summed E-state index contributed by atoms with van der Waals surface area (Å²) in [5, 5.41) is 12.9. The number of aliphatic hydroxyl groups is 1. The van der Waals surface area contributed by atoms with Crippen molar-refractivity contribution >= 4 is 0 Å². The molecule has 0 fully saturated rings. The highest BCUT2D eigenvalue weighted by atomic mass is 16.5. The van der Waals surface area contributed by atoms with Crippen molar-refractivity contribution in [2.45, 2.75) is 45.2 Å². The van der Waals surface area contributed by atoms with Crippen molar-refractivity contribution in [3.05, 3.63) is 29.3 Å². The average Bonchev–Trinajstić information content (AvgIpc) is 2.84. The lowest BCUT2D eigenvalue weighted by molar-refractivity contribution is 0.163. The van der Waals surface area contributed by atoms with Gasteiger partial charge >= 0.3 is 0 Å². The molecule has 2 N–H and O–H groups in total. The standard InChI is InChI=1S/C15H23NO2/c1-3-7-15(2,11-17)16-10-12-4-5-14-13(9-12)6-8-18-14/h4-5,9,16-17H,3,6-8,10-11H2,1-2H3. The maximum absolute atomic E-state index is 9.47. The minimum atomic E-state index is -0.176. The second kappa shape index (κ2) is 5.72. The highest BCUT2D eigenvalue weighted by Crippen LogP contribution is 2.26. The maximum Gasteiger partial charge on any atom is 0.122 e. The Morgan fingerprint density at radius 2 is 2.28 bits per heavy atom. The summed E-state index contributed by atoms with van der Waals surface area (Å²) in [4.78, 5) is 0. The molecule has 1 unspecified atom stereocenters. The van der Waals surface area contributed by atoms with Crippen molar-refractivity contribution in [2.24, 2.45) is 0 Å². The van der Waals surface area contributed by atoms with Gasteiger partial charge in [0.2, 0.25) is 0 Å². The molecule has 18 heavy (non-hydrogen) atoms. The van der Waals surface area contributed by atoms with Crippen molar-refractivity contribution in [3.8, 4) is 5.75 Å². The highest BCUT2D eigenvalue weighted by Gasteiger charge is 2.21. The topological polar surface area (TPSA) is 41.5 Å². The van der Waals surface area contributed by atoms with Crippen LogP contribution in [0.25, 0.3) is 0 Å². The second-order valence-electron chi connectivity index (χ2n) is 5.36. The van der Waals surface area contributed by atoms with Crippen molar-refractivity contribution < 1.29 is 9.84 Å². The molecule has 100 valence electrons. The van der Waals surface area contributed by atoms with Crippen LogP contribution in [0.2, 0.25) is 0 Å². The molecule has 0 radical (unpaired) electrons. The molecule has 0 amide bonds. The van der Waals surface area contributed by atoms with Crippen LogP contribution in [-0.4, -0.2) is 23.9 Å². The summed E-state index contributed by atoms with van der Waals surface area (Å²) >= 11 is 0. The zero-order chi connectivity index (χ0) is 13.0. The van der Waals surface area contributed by atoms with E-state index >= 15 is 0 Å². The van der Waals surface area contributed by atoms with Crippen LogP contribution >= 0.6 is 0 Å². The fourth-order valence-corrected chi connectivity index (χ4v) is 2.44. The van der Waals surface area contributed by atoms with Crippen LogP contribution in [0.15, 0.2) is 18.2 Å². The lowest BCUT2D eigenvalue weighted by Crippen LogP contribution is -2.45. The van der Waals surface area contributed by atoms with Crippen LogP contribution in [0.4, 0.5) is 0 Å². The summed E-state index contributed by atoms with van der Waals surface area (Å²) in [6.45, 7) is 5.99. The smallest absolute Gasteiger partial charge is 0.122 e. The molecular weight excluding hydrogens is 226 g/mol. The molecule has 3 nitrogen and oxygen atoms in total. The van der Waals surface area contributed by atoms with Gasteiger partial charge < -0.3 is 15.2 Å². The second-order valence-corrected chi connectivity index (χ2v) is 5.36. The Morgan fingerprint density at radius 1 is 1.44 bits per heavy atom. The Kier molecular flexibility index (Phi) is 4.25. The van der Waals surface area contributed by atoms with E-state index in [-0.39, 0.29) is 12.1 Å². The summed E-state index contributed by atoms with van der Waals surface area (Å²) in [5.41, 5.74) is 2.38. The Labute approximate surface area is 109 Å². The molecular formula is C15H23NO2. The minimum Gasteiger partial charge on any atom is -0.493 e. The van der Waals surface area contributed by atoms with E-state index in [2.05, 4.69) is 37.4 Å². The first-order valence-electron chi connectivity index (χ1n) is 6.77. The van der Waals surface area contributed by atoms with Gasteiger partial charge in [0.05, 0.1) is 13.2 Å². The molecule has 1 aliphatic heterocycles. The van der Waals surface area contributed by atoms with Gasteiger partial charge in [-0.3, -0.25) is 0 Å². The number of hydrogen-bond acceptors (Lipinski definition) is 3. The fourth-order valence-electron chi connectivity index (χ4n) is 2.44. The molecule has 0 bridgehead atoms. The minimum absolute atomic E-state index is 0.175. The number of hydrogen-bond donors (Lipinski definition) is 2. The molecule has 0 aromatic heterocycles. The quantitative estimate of drug-likeness (QED) is 0.812. The first-order chi connectivity index (χ1) is 8.67. The molecule has 0 saturated heterocycles. The lowest BCUT2D eigenvalue weighted by atomic mass is 9.96. The third kappa shape index (κ3) is 3.03. The van der Waals surface area contributed by atoms with Crippen LogP contribution < -0.4 is 10.1 Å². The van der Waals surface area contributed by atoms with E-state index in [1.54, 1.807) is 0 Å². The third-order valence-electron chi connectivity index (χ3n) is 3.62. The lowest BCUT2D eigenvalue weighted by Gasteiger charge is -2.28. The Balaban J connectivity index is 1.97. The first kappa shape index (κ1) is 13.4. The van der Waals surface area contributed by atoms with E-state index in [1.807, 2.05) is 0 Å². The van der Waals surface area contributed by atoms with Crippen LogP contribution in [0, 0.1) is 0 Å². The maximum atomic E-state index is 9.47. The fraction of sp³-hybridized carbons (Fsp3) is 0.600. The van der Waals surface area contributed by atoms with Crippen molar-refractivity contribution in [1.29, 1.82) is 0 Å². The zero-order valence-corrected chi connectivity index (χ0v) is 11.3. The molecule has 1 aromatic carbocycles. The van der Waals surface area contributed by atoms with E-state index < -0.39 is 0 Å². The largest absolute Gasteiger partial charge is 0.493 e. The number of rotatable bonds is 6. The van der Waals surface area contributed by atoms with Gasteiger partial charge in [0.25, 0.3) is 0 Å². The molecule has 3 heteroatoms. The highest BCUT2D eigenvalue weighted by molar-refractivity contribution is 5.39. The van der Waals surface area contributed by atoms with Gasteiger partial charge in [0, 0.05) is 18.5 Å². The number of benzene rings is 1. The predicted octanol–water partition coefficient (Wildman–Crippen LogP) is 2.26. The molecule has 1 aliphatic rings. The third-order valence-corrected chi connectivity index (χ3v) is 3.62. The molecule has 1 atom stereocenters. The SMILES string of the molecule is CCCC(C)(CO)NCc1ccc2c(c1)CCO2. The van der Waals surface area contributed by atoms with E-state index in [0.717, 1.165) is 38.2 Å². The Hall–Kier alpha value is -1.06. The molecule has 1 aromatic rings. The van der Waals surface area contributed by atoms with Crippen LogP contribution in [0.5, 0.6) is 5.75 Å². The summed E-state index contributed by atoms with van der Waals surface area (Å²) in [5.74, 6) is 1.03. The average molecular weight is 249 g/mol. The normalized spacial score (nSPS) is 17.1. The van der Waals surface area contributed by atoms with E-state index in [4.69, 9.17) is 4.74 Å². The van der Waals surface area contributed by atoms with E-state index in [9.17, 15) is 5.11 Å². The van der Waals surface area contributed by atoms with Crippen molar-refractivity contribution in [2.75, 3.05) is 13.2 Å². The number of aliphatic hydroxyl groups excluding tert-OH is 1. The van der Waals surface area contributed by atoms with Crippen LogP contribution in [0.3, 0.4) is 0 Å². The monoisotopic (exact) mass is 249 g/mol. The van der Waals surface area contributed by atoms with E-state index in [1.165, 1.54) is 11.1 Å². The molecule has 0 saturated carbocycles. The Bertz CT molecular complexity index is 405. The molecule has 0 spiro atoms. The van der Waals surface area contributed by atoms with Crippen molar-refractivity contribution in [3.63, 3.8) is 0 Å². The number of ether oxygens (including phenoxy) is 1. The summed E-state index contributed by atoms with van der Waals surface area (Å²) < 4.78 is 5.50. The summed E-state index contributed by atoms with van der Waals surface area (Å²) in [6.07, 6.45) is 3.06. The van der Waals surface area contributed by atoms with Crippen LogP contribution in [0.1, 0.15) is 37.8 Å². The van der Waals surface area contributed by atoms with Gasteiger partial charge in [0.15, 0.2) is 0 Å². The van der Waals surface area contributed by atoms with Gasteiger partial charge in [-0.2, -0.15) is 0 Å². The van der Waals surface area contributed by atoms with Gasteiger partial charge in [-0.05, 0) is 30.5 Å². The van der Waals surface area contributed by atoms with Gasteiger partial charge in [-0.15, -0.1) is 0 Å². The van der Waals surface area contributed by atoms with Crippen molar-refractivity contribution in [1.82, 2.24) is 5.32 Å². The van der Waals surface area contributed by atoms with E-state index in [0.29, 0.717) is 0 Å². The van der Waals surface area contributed by atoms with Gasteiger partial charge in [-0.25, -0.2) is 0 Å². The predicted molar refractivity (Wildman–Crippen MR) is 72.9 cm³/mol. The summed E-state index contributed by atoms with van der Waals surface area (Å²) in [7, 11) is 0. The Morgan fingerprint density at radius 3 is 3.00 bits per heavy atom. The van der Waals surface area contributed by atoms with Gasteiger partial charge in [0.1, 0.15) is 5.75 Å². The summed E-state index contributed by atoms with van der Waals surface area (Å²) in [6, 6.07) is 6.36. The number of nitrogens with one attached hydrogen (secondary N) is 1.